The maximum Gasteiger partial charge on any atom is 0.341 e. The minimum Gasteiger partial charge on any atom is -0.462 e. The monoisotopic (exact) mass is 359 g/mol. The summed E-state index contributed by atoms with van der Waals surface area (Å²) in [6.45, 7) is 3.10. The molecule has 1 saturated heterocycles. The number of anilines is 1. The molecule has 2 heterocycles. The number of nitrogens with zero attached hydrogens (tertiary/aromatic N) is 2. The first kappa shape index (κ1) is 18.1. The van der Waals surface area contributed by atoms with Gasteiger partial charge < -0.3 is 15.0 Å². The maximum atomic E-state index is 13.9. The molecule has 0 spiro atoms. The van der Waals surface area contributed by atoms with Crippen molar-refractivity contribution in [1.29, 1.82) is 0 Å². The van der Waals surface area contributed by atoms with Gasteiger partial charge in [-0.3, -0.25) is 9.78 Å². The topological polar surface area (TPSA) is 71.5 Å². The van der Waals surface area contributed by atoms with E-state index in [9.17, 15) is 14.0 Å². The molecule has 138 valence electrons. The van der Waals surface area contributed by atoms with Crippen LogP contribution in [0.15, 0.2) is 24.4 Å². The van der Waals surface area contributed by atoms with E-state index in [1.165, 1.54) is 18.3 Å². The van der Waals surface area contributed by atoms with Crippen molar-refractivity contribution in [3.8, 4) is 0 Å². The van der Waals surface area contributed by atoms with Gasteiger partial charge in [0.2, 0.25) is 5.91 Å². The van der Waals surface area contributed by atoms with Gasteiger partial charge in [-0.15, -0.1) is 0 Å². The Morgan fingerprint density at radius 1 is 1.42 bits per heavy atom. The summed E-state index contributed by atoms with van der Waals surface area (Å²) in [6.07, 6.45) is 3.05. The normalized spacial score (nSPS) is 17.2. The average Bonchev–Trinajstić information content (AvgIpc) is 2.66. The van der Waals surface area contributed by atoms with Crippen LogP contribution in [0.4, 0.5) is 10.1 Å². The summed E-state index contributed by atoms with van der Waals surface area (Å²) in [7, 11) is 1.61. The van der Waals surface area contributed by atoms with E-state index in [0.717, 1.165) is 12.8 Å². The summed E-state index contributed by atoms with van der Waals surface area (Å²) < 4.78 is 19.1. The van der Waals surface area contributed by atoms with Crippen molar-refractivity contribution >= 4 is 28.5 Å². The fraction of sp³-hybridized carbons (Fsp3) is 0.421. The number of halogens is 1. The summed E-state index contributed by atoms with van der Waals surface area (Å²) in [5, 5.41) is 3.23. The van der Waals surface area contributed by atoms with Crippen molar-refractivity contribution in [2.24, 2.45) is 5.92 Å². The number of carbonyl (C=O) groups is 2. The van der Waals surface area contributed by atoms with E-state index < -0.39 is 11.8 Å². The summed E-state index contributed by atoms with van der Waals surface area (Å²) in [5.74, 6) is -1.11. The molecule has 1 aromatic carbocycles. The molecule has 1 atom stereocenters. The van der Waals surface area contributed by atoms with Crippen molar-refractivity contribution in [2.45, 2.75) is 19.8 Å². The van der Waals surface area contributed by atoms with Gasteiger partial charge in [0.15, 0.2) is 0 Å². The maximum absolute atomic E-state index is 13.9. The molecule has 1 fully saturated rings. The van der Waals surface area contributed by atoms with Crippen LogP contribution in [0.25, 0.3) is 10.9 Å². The molecule has 7 heteroatoms. The molecular formula is C19H22FN3O3. The van der Waals surface area contributed by atoms with E-state index in [-0.39, 0.29) is 18.4 Å². The zero-order chi connectivity index (χ0) is 18.7. The van der Waals surface area contributed by atoms with E-state index in [2.05, 4.69) is 10.3 Å². The fourth-order valence-corrected chi connectivity index (χ4v) is 3.45. The predicted octanol–water partition coefficient (Wildman–Crippen LogP) is 2.51. The van der Waals surface area contributed by atoms with Crippen LogP contribution in [0.1, 0.15) is 30.1 Å². The number of aromatic nitrogens is 1. The molecule has 1 aliphatic heterocycles. The van der Waals surface area contributed by atoms with Gasteiger partial charge >= 0.3 is 5.97 Å². The first-order chi connectivity index (χ1) is 12.5. The van der Waals surface area contributed by atoms with E-state index in [4.69, 9.17) is 4.74 Å². The van der Waals surface area contributed by atoms with Crippen molar-refractivity contribution in [3.63, 3.8) is 0 Å². The number of amides is 1. The third kappa shape index (κ3) is 3.47. The molecule has 0 radical (unpaired) electrons. The van der Waals surface area contributed by atoms with Crippen LogP contribution in [0.3, 0.4) is 0 Å². The highest BCUT2D eigenvalue weighted by atomic mass is 19.1. The van der Waals surface area contributed by atoms with Gasteiger partial charge in [-0.25, -0.2) is 9.18 Å². The Balaban J connectivity index is 2.11. The number of esters is 1. The van der Waals surface area contributed by atoms with Crippen molar-refractivity contribution < 1.29 is 18.7 Å². The van der Waals surface area contributed by atoms with Crippen LogP contribution < -0.4 is 10.2 Å². The number of hydrogen-bond acceptors (Lipinski definition) is 5. The molecule has 1 aliphatic rings. The second-order valence-electron chi connectivity index (χ2n) is 6.30. The number of benzene rings is 1. The highest BCUT2D eigenvalue weighted by Crippen LogP contribution is 2.33. The quantitative estimate of drug-likeness (QED) is 0.850. The number of hydrogen-bond donors (Lipinski definition) is 1. The molecule has 6 nitrogen and oxygen atoms in total. The Bertz CT molecular complexity index is 840. The molecule has 0 bridgehead atoms. The number of rotatable bonds is 4. The minimum absolute atomic E-state index is 0.0306. The van der Waals surface area contributed by atoms with Crippen LogP contribution in [-0.2, 0) is 9.53 Å². The highest BCUT2D eigenvalue weighted by molar-refractivity contribution is 6.05. The number of ether oxygens (including phenoxy) is 1. The third-order valence-electron chi connectivity index (χ3n) is 4.65. The van der Waals surface area contributed by atoms with Crippen molar-refractivity contribution in [2.75, 3.05) is 31.6 Å². The Kier molecular flexibility index (Phi) is 5.35. The van der Waals surface area contributed by atoms with Gasteiger partial charge in [0.05, 0.1) is 23.7 Å². The second-order valence-corrected chi connectivity index (χ2v) is 6.30. The lowest BCUT2D eigenvalue weighted by molar-refractivity contribution is -0.124. The molecular weight excluding hydrogens is 337 g/mol. The molecule has 0 saturated carbocycles. The van der Waals surface area contributed by atoms with Crippen LogP contribution in [0, 0.1) is 11.7 Å². The number of piperidine rings is 1. The molecule has 0 aliphatic carbocycles. The van der Waals surface area contributed by atoms with Gasteiger partial charge in [-0.1, -0.05) is 0 Å². The van der Waals surface area contributed by atoms with Crippen LogP contribution in [0.5, 0.6) is 0 Å². The second kappa shape index (κ2) is 7.68. The van der Waals surface area contributed by atoms with E-state index >= 15 is 0 Å². The zero-order valence-corrected chi connectivity index (χ0v) is 14.9. The van der Waals surface area contributed by atoms with Gasteiger partial charge in [-0.2, -0.15) is 0 Å². The molecule has 1 amide bonds. The largest absolute Gasteiger partial charge is 0.462 e. The Hall–Kier alpha value is -2.70. The number of pyridine rings is 1. The average molecular weight is 359 g/mol. The molecule has 2 aromatic rings. The fourth-order valence-electron chi connectivity index (χ4n) is 3.45. The lowest BCUT2D eigenvalue weighted by Crippen LogP contribution is -2.42. The standard InChI is InChI=1S/C19H22FN3O3/c1-3-26-19(25)15-10-22-16-7-6-13(20)9-14(16)17(15)23-8-4-5-12(11-23)18(24)21-2/h6-7,9-10,12H,3-5,8,11H2,1-2H3,(H,21,24). The molecule has 1 unspecified atom stereocenters. The summed E-state index contributed by atoms with van der Waals surface area (Å²) >= 11 is 0. The molecule has 26 heavy (non-hydrogen) atoms. The van der Waals surface area contributed by atoms with Gasteiger partial charge in [0, 0.05) is 31.7 Å². The Morgan fingerprint density at radius 2 is 2.23 bits per heavy atom. The number of nitrogens with one attached hydrogen (secondary N) is 1. The van der Waals surface area contributed by atoms with Crippen molar-refractivity contribution in [3.05, 3.63) is 35.8 Å². The van der Waals surface area contributed by atoms with Gasteiger partial charge in [-0.05, 0) is 38.0 Å². The Labute approximate surface area is 151 Å². The lowest BCUT2D eigenvalue weighted by atomic mass is 9.95. The van der Waals surface area contributed by atoms with Gasteiger partial charge in [0.25, 0.3) is 0 Å². The smallest absolute Gasteiger partial charge is 0.341 e. The zero-order valence-electron chi connectivity index (χ0n) is 14.9. The van der Waals surface area contributed by atoms with Crippen molar-refractivity contribution in [1.82, 2.24) is 10.3 Å². The number of carbonyl (C=O) groups excluding carboxylic acids is 2. The minimum atomic E-state index is -0.497. The Morgan fingerprint density at radius 3 is 2.96 bits per heavy atom. The van der Waals surface area contributed by atoms with E-state index in [0.29, 0.717) is 35.2 Å². The first-order valence-corrected chi connectivity index (χ1v) is 8.77. The van der Waals surface area contributed by atoms with Crippen LogP contribution in [0.2, 0.25) is 0 Å². The van der Waals surface area contributed by atoms with Gasteiger partial charge in [0.1, 0.15) is 11.4 Å². The number of fused-ring (bicyclic) bond motifs is 1. The summed E-state index contributed by atoms with van der Waals surface area (Å²) in [4.78, 5) is 30.8. The first-order valence-electron chi connectivity index (χ1n) is 8.77. The molecule has 1 N–H and O–H groups in total. The van der Waals surface area contributed by atoms with E-state index in [1.54, 1.807) is 20.0 Å². The predicted molar refractivity (Wildman–Crippen MR) is 96.7 cm³/mol. The SMILES string of the molecule is CCOC(=O)c1cnc2ccc(F)cc2c1N1CCCC(C(=O)NC)C1. The summed E-state index contributed by atoms with van der Waals surface area (Å²) in [5.41, 5.74) is 1.47. The van der Waals surface area contributed by atoms with E-state index in [1.807, 2.05) is 4.90 Å². The highest BCUT2D eigenvalue weighted by Gasteiger charge is 2.29. The van der Waals surface area contributed by atoms with Crippen LogP contribution in [-0.4, -0.2) is 43.6 Å². The molecule has 1 aromatic heterocycles. The summed E-state index contributed by atoms with van der Waals surface area (Å²) in [6, 6.07) is 4.31. The lowest BCUT2D eigenvalue weighted by Gasteiger charge is -2.35. The molecule has 3 rings (SSSR count). The van der Waals surface area contributed by atoms with Crippen LogP contribution >= 0.6 is 0 Å². The third-order valence-corrected chi connectivity index (χ3v) is 4.65.